The van der Waals surface area contributed by atoms with E-state index in [2.05, 4.69) is 24.2 Å². The van der Waals surface area contributed by atoms with E-state index >= 15 is 0 Å². The third kappa shape index (κ3) is 1.75. The molecule has 0 aromatic carbocycles. The Morgan fingerprint density at radius 1 is 1.50 bits per heavy atom. The first kappa shape index (κ1) is 11.0. The van der Waals surface area contributed by atoms with Crippen molar-refractivity contribution in [2.24, 2.45) is 22.4 Å². The summed E-state index contributed by atoms with van der Waals surface area (Å²) in [4.78, 5) is 4.13. The lowest BCUT2D eigenvalue weighted by Crippen LogP contribution is -2.67. The van der Waals surface area contributed by atoms with Gasteiger partial charge in [-0.25, -0.2) is 4.99 Å². The minimum absolute atomic E-state index is 0.315. The summed E-state index contributed by atoms with van der Waals surface area (Å²) >= 11 is 0. The van der Waals surface area contributed by atoms with Gasteiger partial charge in [-0.3, -0.25) is 0 Å². The lowest BCUT2D eigenvalue weighted by Gasteiger charge is -2.39. The van der Waals surface area contributed by atoms with Gasteiger partial charge in [0, 0.05) is 17.8 Å². The van der Waals surface area contributed by atoms with E-state index in [1.54, 1.807) is 6.20 Å². The molecular formula is C10H20N4. The van der Waals surface area contributed by atoms with Crippen molar-refractivity contribution in [2.75, 3.05) is 0 Å². The summed E-state index contributed by atoms with van der Waals surface area (Å²) in [5, 5.41) is 3.23. The fraction of sp³-hybridized carbons (Fsp3) is 0.700. The molecule has 1 rings (SSSR count). The molecule has 0 aromatic rings. The molecule has 0 amide bonds. The van der Waals surface area contributed by atoms with E-state index in [1.165, 1.54) is 0 Å². The fourth-order valence-corrected chi connectivity index (χ4v) is 1.94. The number of nitrogens with two attached hydrogens (primary N) is 2. The molecule has 80 valence electrons. The van der Waals surface area contributed by atoms with Crippen LogP contribution in [0.15, 0.2) is 16.9 Å². The van der Waals surface area contributed by atoms with Crippen LogP contribution in [0.5, 0.6) is 0 Å². The monoisotopic (exact) mass is 196 g/mol. The van der Waals surface area contributed by atoms with Crippen LogP contribution in [-0.2, 0) is 0 Å². The van der Waals surface area contributed by atoms with Crippen LogP contribution in [0.3, 0.4) is 0 Å². The maximum Gasteiger partial charge on any atom is 0.147 e. The molecule has 4 nitrogen and oxygen atoms in total. The van der Waals surface area contributed by atoms with E-state index in [9.17, 15) is 0 Å². The third-order valence-corrected chi connectivity index (χ3v) is 2.85. The first-order chi connectivity index (χ1) is 6.54. The highest BCUT2D eigenvalue weighted by molar-refractivity contribution is 5.91. The zero-order valence-corrected chi connectivity index (χ0v) is 9.17. The molecule has 1 atom stereocenters. The first-order valence-corrected chi connectivity index (χ1v) is 5.12. The molecule has 0 spiro atoms. The molecule has 0 saturated carbocycles. The Kier molecular flexibility index (Phi) is 3.16. The van der Waals surface area contributed by atoms with E-state index in [-0.39, 0.29) is 0 Å². The van der Waals surface area contributed by atoms with Gasteiger partial charge in [0.25, 0.3) is 0 Å². The highest BCUT2D eigenvalue weighted by atomic mass is 15.2. The van der Waals surface area contributed by atoms with Gasteiger partial charge in [0.05, 0.1) is 0 Å². The second-order valence-electron chi connectivity index (χ2n) is 3.83. The number of hydrogen-bond acceptors (Lipinski definition) is 4. The zero-order valence-electron chi connectivity index (χ0n) is 9.17. The van der Waals surface area contributed by atoms with Gasteiger partial charge in [0.15, 0.2) is 0 Å². The molecule has 5 N–H and O–H groups in total. The maximum absolute atomic E-state index is 6.25. The molecular weight excluding hydrogens is 176 g/mol. The molecule has 0 aromatic heterocycles. The Labute approximate surface area is 85.5 Å². The van der Waals surface area contributed by atoms with Crippen LogP contribution in [0.25, 0.3) is 0 Å². The Bertz CT molecular complexity index is 265. The third-order valence-electron chi connectivity index (χ3n) is 2.85. The van der Waals surface area contributed by atoms with E-state index in [1.807, 2.05) is 6.92 Å². The van der Waals surface area contributed by atoms with Crippen LogP contribution in [-0.4, -0.2) is 11.5 Å². The van der Waals surface area contributed by atoms with Crippen molar-refractivity contribution < 1.29 is 0 Å². The quantitative estimate of drug-likeness (QED) is 0.627. The molecule has 1 aliphatic heterocycles. The fourth-order valence-electron chi connectivity index (χ4n) is 1.94. The number of amidine groups is 1. The summed E-state index contributed by atoms with van der Waals surface area (Å²) in [5.41, 5.74) is 12.4. The zero-order chi connectivity index (χ0) is 10.8. The lowest BCUT2D eigenvalue weighted by molar-refractivity contribution is 0.293. The molecule has 1 aliphatic rings. The highest BCUT2D eigenvalue weighted by Crippen LogP contribution is 2.23. The number of hydrogen-bond donors (Lipinski definition) is 3. The summed E-state index contributed by atoms with van der Waals surface area (Å²) in [6.45, 7) is 6.18. The number of aliphatic imine (C=N–C) groups is 1. The molecule has 14 heavy (non-hydrogen) atoms. The lowest BCUT2D eigenvalue weighted by atomic mass is 9.86. The van der Waals surface area contributed by atoms with Gasteiger partial charge >= 0.3 is 0 Å². The van der Waals surface area contributed by atoms with E-state index in [0.29, 0.717) is 11.8 Å². The number of nitrogens with one attached hydrogen (secondary N) is 1. The van der Waals surface area contributed by atoms with Gasteiger partial charge < -0.3 is 16.8 Å². The summed E-state index contributed by atoms with van der Waals surface area (Å²) in [7, 11) is 0. The van der Waals surface area contributed by atoms with Gasteiger partial charge in [-0.15, -0.1) is 0 Å². The van der Waals surface area contributed by atoms with Crippen LogP contribution in [0.1, 0.15) is 33.6 Å². The van der Waals surface area contributed by atoms with Crippen molar-refractivity contribution in [3.05, 3.63) is 11.9 Å². The highest BCUT2D eigenvalue weighted by Gasteiger charge is 2.38. The summed E-state index contributed by atoms with van der Waals surface area (Å²) < 4.78 is 0. The maximum atomic E-state index is 6.25. The topological polar surface area (TPSA) is 76.4 Å². The Morgan fingerprint density at radius 2 is 2.07 bits per heavy atom. The summed E-state index contributed by atoms with van der Waals surface area (Å²) in [6, 6.07) is 0. The molecule has 1 heterocycles. The average molecular weight is 196 g/mol. The predicted molar refractivity (Wildman–Crippen MR) is 59.5 cm³/mol. The van der Waals surface area contributed by atoms with Crippen LogP contribution >= 0.6 is 0 Å². The Balaban J connectivity index is 2.94. The van der Waals surface area contributed by atoms with E-state index < -0.39 is 5.66 Å². The van der Waals surface area contributed by atoms with Gasteiger partial charge in [-0.1, -0.05) is 13.8 Å². The molecule has 0 aliphatic carbocycles. The van der Waals surface area contributed by atoms with E-state index in [4.69, 9.17) is 11.5 Å². The normalized spacial score (nSPS) is 26.9. The molecule has 4 heteroatoms. The smallest absolute Gasteiger partial charge is 0.147 e. The van der Waals surface area contributed by atoms with Crippen molar-refractivity contribution in [2.45, 2.75) is 39.3 Å². The number of allylic oxidation sites excluding steroid dienone is 1. The van der Waals surface area contributed by atoms with Crippen molar-refractivity contribution in [3.8, 4) is 0 Å². The largest absolute Gasteiger partial charge is 0.384 e. The van der Waals surface area contributed by atoms with Crippen LogP contribution < -0.4 is 16.8 Å². The van der Waals surface area contributed by atoms with Crippen LogP contribution in [0, 0.1) is 5.92 Å². The average Bonchev–Trinajstić information content (AvgIpc) is 2.14. The Morgan fingerprint density at radius 3 is 2.57 bits per heavy atom. The van der Waals surface area contributed by atoms with Gasteiger partial charge in [0.2, 0.25) is 0 Å². The standard InChI is InChI=1S/C10H20N4/c1-4-8(5-2)10(12)9(11)13-6-7(3)14-10/h6,8,14H,4-5,12H2,1-3H3,(H2,11,13). The van der Waals surface area contributed by atoms with Crippen LogP contribution in [0.2, 0.25) is 0 Å². The summed E-state index contributed by atoms with van der Waals surface area (Å²) in [5.74, 6) is 0.798. The predicted octanol–water partition coefficient (Wildman–Crippen LogP) is 0.899. The van der Waals surface area contributed by atoms with Crippen molar-refractivity contribution in [1.29, 1.82) is 0 Å². The SMILES string of the molecule is CCC(CC)C1(N)NC(C)=CN=C1N. The van der Waals surface area contributed by atoms with Crippen molar-refractivity contribution in [1.82, 2.24) is 5.32 Å². The molecule has 0 fully saturated rings. The van der Waals surface area contributed by atoms with Gasteiger partial charge in [-0.2, -0.15) is 0 Å². The first-order valence-electron chi connectivity index (χ1n) is 5.12. The molecule has 0 radical (unpaired) electrons. The van der Waals surface area contributed by atoms with Crippen molar-refractivity contribution >= 4 is 5.84 Å². The Hall–Kier alpha value is -1.03. The van der Waals surface area contributed by atoms with Crippen LogP contribution in [0.4, 0.5) is 0 Å². The second-order valence-corrected chi connectivity index (χ2v) is 3.83. The van der Waals surface area contributed by atoms with E-state index in [0.717, 1.165) is 18.5 Å². The molecule has 1 unspecified atom stereocenters. The van der Waals surface area contributed by atoms with Crippen molar-refractivity contribution in [3.63, 3.8) is 0 Å². The molecule has 0 bridgehead atoms. The minimum atomic E-state index is -0.664. The second kappa shape index (κ2) is 4.00. The summed E-state index contributed by atoms with van der Waals surface area (Å²) in [6.07, 6.45) is 3.69. The minimum Gasteiger partial charge on any atom is -0.384 e. The van der Waals surface area contributed by atoms with Gasteiger partial charge in [-0.05, 0) is 19.8 Å². The number of nitrogens with zero attached hydrogens (tertiary/aromatic N) is 1. The number of rotatable bonds is 3. The molecule has 0 saturated heterocycles. The van der Waals surface area contributed by atoms with Gasteiger partial charge in [0.1, 0.15) is 11.5 Å².